The first-order chi connectivity index (χ1) is 9.42. The van der Waals surface area contributed by atoms with Crippen LogP contribution in [0.1, 0.15) is 5.56 Å². The second-order valence-corrected chi connectivity index (χ2v) is 4.69. The van der Waals surface area contributed by atoms with Gasteiger partial charge in [-0.25, -0.2) is 14.5 Å². The summed E-state index contributed by atoms with van der Waals surface area (Å²) in [4.78, 5) is 8.92. The van der Waals surface area contributed by atoms with Gasteiger partial charge in [-0.15, -0.1) is 4.40 Å². The zero-order valence-corrected chi connectivity index (χ0v) is 9.95. The van der Waals surface area contributed by atoms with Gasteiger partial charge in [0.1, 0.15) is 6.54 Å². The number of pyridine rings is 2. The average molecular weight is 249 g/mol. The smallest absolute Gasteiger partial charge is 0.337 e. The zero-order valence-electron chi connectivity index (χ0n) is 9.95. The first-order valence-corrected chi connectivity index (χ1v) is 6.14. The topological polar surface area (TPSA) is 47.2 Å². The van der Waals surface area contributed by atoms with E-state index in [2.05, 4.69) is 20.6 Å². The van der Waals surface area contributed by atoms with Crippen LogP contribution in [0.25, 0.3) is 28.5 Å². The molecule has 5 nitrogen and oxygen atoms in total. The van der Waals surface area contributed by atoms with Gasteiger partial charge in [0.2, 0.25) is 0 Å². The molecule has 0 saturated carbocycles. The predicted octanol–water partition coefficient (Wildman–Crippen LogP) is 1.79. The third-order valence-electron chi connectivity index (χ3n) is 3.59. The van der Waals surface area contributed by atoms with Crippen molar-refractivity contribution < 1.29 is 8.98 Å². The highest BCUT2D eigenvalue weighted by atomic mass is 16.3. The minimum Gasteiger partial charge on any atom is -0.414 e. The lowest BCUT2D eigenvalue weighted by Crippen LogP contribution is -2.29. The molecule has 5 heteroatoms. The fraction of sp³-hybridized carbons (Fsp3) is 0.0714. The van der Waals surface area contributed by atoms with Gasteiger partial charge in [-0.3, -0.25) is 0 Å². The van der Waals surface area contributed by atoms with E-state index in [0.717, 1.165) is 35.0 Å². The number of fused-ring (bicyclic) bond motifs is 7. The normalized spacial score (nSPS) is 13.1. The number of nitrogens with zero attached hydrogens (tertiary/aromatic N) is 4. The monoisotopic (exact) mass is 249 g/mol. The first kappa shape index (κ1) is 9.27. The van der Waals surface area contributed by atoms with Gasteiger partial charge >= 0.3 is 11.5 Å². The molecule has 0 bridgehead atoms. The Hall–Kier alpha value is -2.69. The van der Waals surface area contributed by atoms with Crippen molar-refractivity contribution in [1.82, 2.24) is 14.4 Å². The van der Waals surface area contributed by atoms with Crippen LogP contribution in [-0.2, 0) is 6.54 Å². The Kier molecular flexibility index (Phi) is 1.46. The number of imidazole rings is 1. The third kappa shape index (κ3) is 1.03. The summed E-state index contributed by atoms with van der Waals surface area (Å²) in [6, 6.07) is 7.89. The number of aromatic nitrogens is 4. The molecule has 1 aliphatic rings. The van der Waals surface area contributed by atoms with Gasteiger partial charge in [-0.05, 0) is 18.2 Å². The quantitative estimate of drug-likeness (QED) is 0.393. The van der Waals surface area contributed by atoms with Crippen LogP contribution in [0, 0.1) is 0 Å². The molecule has 1 aliphatic heterocycles. The van der Waals surface area contributed by atoms with Crippen LogP contribution in [0.4, 0.5) is 0 Å². The van der Waals surface area contributed by atoms with Gasteiger partial charge in [-0.1, -0.05) is 6.07 Å². The Morgan fingerprint density at radius 1 is 1.16 bits per heavy atom. The highest BCUT2D eigenvalue weighted by Gasteiger charge is 2.34. The summed E-state index contributed by atoms with van der Waals surface area (Å²) in [5.41, 5.74) is 4.68. The Bertz CT molecular complexity index is 951. The molecule has 0 aliphatic carbocycles. The molecule has 0 unspecified atom stereocenters. The zero-order chi connectivity index (χ0) is 12.4. The van der Waals surface area contributed by atoms with Crippen molar-refractivity contribution in [3.63, 3.8) is 0 Å². The summed E-state index contributed by atoms with van der Waals surface area (Å²) < 4.78 is 10.0. The predicted molar refractivity (Wildman–Crippen MR) is 67.5 cm³/mol. The Morgan fingerprint density at radius 3 is 3.05 bits per heavy atom. The summed E-state index contributed by atoms with van der Waals surface area (Å²) in [5.74, 6) is 1.04. The number of hydrogen-bond acceptors (Lipinski definition) is 3. The lowest BCUT2D eigenvalue weighted by atomic mass is 10.2. The van der Waals surface area contributed by atoms with E-state index in [-0.39, 0.29) is 0 Å². The fourth-order valence-corrected chi connectivity index (χ4v) is 2.82. The second-order valence-electron chi connectivity index (χ2n) is 4.69. The largest absolute Gasteiger partial charge is 0.414 e. The van der Waals surface area contributed by atoms with Crippen molar-refractivity contribution in [3.8, 4) is 11.5 Å². The van der Waals surface area contributed by atoms with E-state index < -0.39 is 0 Å². The Labute approximate surface area is 107 Å². The van der Waals surface area contributed by atoms with Crippen molar-refractivity contribution in [3.05, 3.63) is 48.4 Å². The molecule has 0 N–H and O–H groups in total. The van der Waals surface area contributed by atoms with E-state index >= 15 is 0 Å². The van der Waals surface area contributed by atoms with Crippen LogP contribution < -0.4 is 4.57 Å². The molecule has 5 heterocycles. The molecule has 0 atom stereocenters. The van der Waals surface area contributed by atoms with E-state index in [4.69, 9.17) is 4.42 Å². The van der Waals surface area contributed by atoms with E-state index in [1.807, 2.05) is 35.0 Å². The van der Waals surface area contributed by atoms with Crippen LogP contribution in [0.3, 0.4) is 0 Å². The molecule has 5 rings (SSSR count). The Morgan fingerprint density at radius 2 is 2.05 bits per heavy atom. The van der Waals surface area contributed by atoms with Gasteiger partial charge in [0.25, 0.3) is 5.65 Å². The number of oxazole rings is 1. The van der Waals surface area contributed by atoms with E-state index in [1.165, 1.54) is 5.56 Å². The average Bonchev–Trinajstić information content (AvgIpc) is 3.04. The van der Waals surface area contributed by atoms with Crippen molar-refractivity contribution in [2.24, 2.45) is 0 Å². The van der Waals surface area contributed by atoms with Crippen LogP contribution in [-0.4, -0.2) is 14.4 Å². The van der Waals surface area contributed by atoms with Crippen LogP contribution in [0.15, 0.2) is 47.3 Å². The minimum atomic E-state index is 0.797. The molecule has 4 aromatic rings. The summed E-state index contributed by atoms with van der Waals surface area (Å²) >= 11 is 0. The van der Waals surface area contributed by atoms with Gasteiger partial charge in [0, 0.05) is 18.0 Å². The minimum absolute atomic E-state index is 0.797. The molecule has 90 valence electrons. The van der Waals surface area contributed by atoms with E-state index in [0.29, 0.717) is 0 Å². The number of hydrogen-bond donors (Lipinski definition) is 0. The summed E-state index contributed by atoms with van der Waals surface area (Å²) in [6.45, 7) is 0.837. The SMILES string of the molecule is c1cnc2c(c1)C[n+]1cc3oc4cccnc4n3c1-2. The standard InChI is InChI=1S/C14H9N4O/c1-3-9-7-17-8-11-18(14(17)12(9)15-5-1)13-10(19-11)4-2-6-16-13/h1-6,8H,7H2/q+1. The molecular weight excluding hydrogens is 240 g/mol. The maximum absolute atomic E-state index is 5.82. The van der Waals surface area contributed by atoms with Gasteiger partial charge < -0.3 is 4.42 Å². The Balaban J connectivity index is 2.00. The molecule has 0 fully saturated rings. The van der Waals surface area contributed by atoms with Crippen molar-refractivity contribution >= 4 is 16.9 Å². The van der Waals surface area contributed by atoms with Gasteiger partial charge in [-0.2, -0.15) is 0 Å². The molecular formula is C14H9N4O+. The van der Waals surface area contributed by atoms with Crippen LogP contribution >= 0.6 is 0 Å². The van der Waals surface area contributed by atoms with E-state index in [9.17, 15) is 0 Å². The van der Waals surface area contributed by atoms with Gasteiger partial charge in [0.05, 0.1) is 0 Å². The molecule has 0 aromatic carbocycles. The molecule has 19 heavy (non-hydrogen) atoms. The summed E-state index contributed by atoms with van der Waals surface area (Å²) in [5, 5.41) is 0. The maximum Gasteiger partial charge on any atom is 0.337 e. The molecule has 0 spiro atoms. The summed E-state index contributed by atoms with van der Waals surface area (Å²) in [7, 11) is 0. The molecule has 0 amide bonds. The van der Waals surface area contributed by atoms with Crippen LogP contribution in [0.5, 0.6) is 0 Å². The molecule has 0 saturated heterocycles. The van der Waals surface area contributed by atoms with Crippen molar-refractivity contribution in [1.29, 1.82) is 0 Å². The molecule has 0 radical (unpaired) electrons. The van der Waals surface area contributed by atoms with Crippen molar-refractivity contribution in [2.75, 3.05) is 0 Å². The third-order valence-corrected chi connectivity index (χ3v) is 3.59. The first-order valence-electron chi connectivity index (χ1n) is 6.14. The second kappa shape index (κ2) is 3.00. The maximum atomic E-state index is 5.82. The number of rotatable bonds is 0. The lowest BCUT2D eigenvalue weighted by Gasteiger charge is -1.91. The van der Waals surface area contributed by atoms with Gasteiger partial charge in [0.15, 0.2) is 17.5 Å². The summed E-state index contributed by atoms with van der Waals surface area (Å²) in [6.07, 6.45) is 5.62. The molecule has 4 aromatic heterocycles. The van der Waals surface area contributed by atoms with Crippen LogP contribution in [0.2, 0.25) is 0 Å². The fourth-order valence-electron chi connectivity index (χ4n) is 2.82. The van der Waals surface area contributed by atoms with Crippen molar-refractivity contribution in [2.45, 2.75) is 6.54 Å². The highest BCUT2D eigenvalue weighted by molar-refractivity contribution is 5.75. The lowest BCUT2D eigenvalue weighted by molar-refractivity contribution is -0.670. The highest BCUT2D eigenvalue weighted by Crippen LogP contribution is 2.29. The van der Waals surface area contributed by atoms with E-state index in [1.54, 1.807) is 6.20 Å².